The van der Waals surface area contributed by atoms with E-state index in [9.17, 15) is 27.9 Å². The fraction of sp³-hybridized carbons (Fsp3) is 0.188. The average molecular weight is 562 g/mol. The number of carboxylic acid groups (broad SMARTS) is 1. The van der Waals surface area contributed by atoms with Crippen molar-refractivity contribution in [3.63, 3.8) is 0 Å². The fourth-order valence-electron chi connectivity index (χ4n) is 4.88. The summed E-state index contributed by atoms with van der Waals surface area (Å²) in [6.07, 6.45) is -6.11. The summed E-state index contributed by atoms with van der Waals surface area (Å²) in [5.74, 6) is -0.658. The van der Waals surface area contributed by atoms with Gasteiger partial charge in [-0.2, -0.15) is 13.2 Å². The molecule has 1 N–H and O–H groups in total. The summed E-state index contributed by atoms with van der Waals surface area (Å²) in [7, 11) is 0. The molecule has 0 radical (unpaired) electrons. The molecule has 1 saturated heterocycles. The van der Waals surface area contributed by atoms with Gasteiger partial charge in [0.05, 0.1) is 24.6 Å². The summed E-state index contributed by atoms with van der Waals surface area (Å²) >= 11 is 0. The monoisotopic (exact) mass is 561 g/mol. The molecule has 4 aromatic rings. The third-order valence-corrected chi connectivity index (χ3v) is 6.95. The quantitative estimate of drug-likeness (QED) is 0.237. The van der Waals surface area contributed by atoms with E-state index in [1.807, 2.05) is 60.7 Å². The maximum absolute atomic E-state index is 13.7. The van der Waals surface area contributed by atoms with Gasteiger partial charge in [0.25, 0.3) is 0 Å². The second kappa shape index (κ2) is 11.4. The first-order valence-electron chi connectivity index (χ1n) is 12.9. The molecule has 0 spiro atoms. The molecular weight excluding hydrogens is 535 g/mol. The highest BCUT2D eigenvalue weighted by Crippen LogP contribution is 2.40. The number of rotatable bonds is 8. The van der Waals surface area contributed by atoms with E-state index in [0.717, 1.165) is 23.3 Å². The van der Waals surface area contributed by atoms with Crippen LogP contribution in [0.4, 0.5) is 18.0 Å². The van der Waals surface area contributed by atoms with Gasteiger partial charge < -0.3 is 14.6 Å². The number of carbonyl (C=O) groups is 2. The predicted octanol–water partition coefficient (Wildman–Crippen LogP) is 7.87. The lowest BCUT2D eigenvalue weighted by Crippen LogP contribution is -2.31. The van der Waals surface area contributed by atoms with Gasteiger partial charge in [0.1, 0.15) is 17.6 Å². The van der Waals surface area contributed by atoms with Crippen molar-refractivity contribution in [2.75, 3.05) is 0 Å². The minimum absolute atomic E-state index is 0.103. The summed E-state index contributed by atoms with van der Waals surface area (Å²) in [4.78, 5) is 25.6. The highest BCUT2D eigenvalue weighted by molar-refractivity contribution is 5.75. The number of amides is 1. The summed E-state index contributed by atoms with van der Waals surface area (Å²) in [5, 5.41) is 9.30. The van der Waals surface area contributed by atoms with Crippen LogP contribution in [-0.4, -0.2) is 28.1 Å². The number of cyclic esters (lactones) is 1. The van der Waals surface area contributed by atoms with Crippen LogP contribution in [0.1, 0.15) is 35.3 Å². The van der Waals surface area contributed by atoms with Crippen LogP contribution >= 0.6 is 0 Å². The molecule has 0 aromatic heterocycles. The third kappa shape index (κ3) is 6.19. The van der Waals surface area contributed by atoms with Crippen LogP contribution < -0.4 is 4.74 Å². The van der Waals surface area contributed by atoms with Crippen molar-refractivity contribution in [3.8, 4) is 22.6 Å². The maximum Gasteiger partial charge on any atom is 0.416 e. The molecule has 6 nitrogen and oxygen atoms in total. The number of carbonyl (C=O) groups excluding carboxylic acids is 1. The van der Waals surface area contributed by atoms with Crippen molar-refractivity contribution >= 4 is 12.1 Å². The van der Waals surface area contributed by atoms with Crippen molar-refractivity contribution in [1.29, 1.82) is 0 Å². The van der Waals surface area contributed by atoms with E-state index < -0.39 is 35.9 Å². The molecule has 41 heavy (non-hydrogen) atoms. The zero-order valence-corrected chi connectivity index (χ0v) is 22.0. The smallest absolute Gasteiger partial charge is 0.416 e. The number of alkyl halides is 3. The van der Waals surface area contributed by atoms with Crippen molar-refractivity contribution in [2.24, 2.45) is 0 Å². The molecule has 4 aromatic carbocycles. The first-order valence-corrected chi connectivity index (χ1v) is 12.9. The second-order valence-electron chi connectivity index (χ2n) is 9.77. The molecule has 1 fully saturated rings. The van der Waals surface area contributed by atoms with Crippen molar-refractivity contribution in [3.05, 3.63) is 119 Å². The largest absolute Gasteiger partial charge is 0.481 e. The highest BCUT2D eigenvalue weighted by Gasteiger charge is 2.40. The van der Waals surface area contributed by atoms with Crippen LogP contribution in [0.3, 0.4) is 0 Å². The van der Waals surface area contributed by atoms with Gasteiger partial charge in [-0.25, -0.2) is 4.79 Å². The Morgan fingerprint density at radius 2 is 1.61 bits per heavy atom. The Morgan fingerprint density at radius 3 is 2.27 bits per heavy atom. The van der Waals surface area contributed by atoms with E-state index in [2.05, 4.69) is 0 Å². The molecule has 1 aliphatic rings. The molecule has 2 atom stereocenters. The van der Waals surface area contributed by atoms with Crippen LogP contribution in [0.2, 0.25) is 0 Å². The van der Waals surface area contributed by atoms with E-state index in [1.165, 1.54) is 11.0 Å². The third-order valence-electron chi connectivity index (χ3n) is 6.95. The van der Waals surface area contributed by atoms with Crippen LogP contribution in [0.15, 0.2) is 97.1 Å². The SMILES string of the molecule is CC1C(c2ccccc2)OC(=O)N1Cc1cc(C(F)(F)F)ccc1Oc1cc(CC(=O)O)ccc1-c1ccccc1. The van der Waals surface area contributed by atoms with Gasteiger partial charge in [-0.15, -0.1) is 0 Å². The van der Waals surface area contributed by atoms with Crippen LogP contribution in [0, 0.1) is 0 Å². The Balaban J connectivity index is 1.53. The molecule has 9 heteroatoms. The number of ether oxygens (including phenoxy) is 2. The van der Waals surface area contributed by atoms with Gasteiger partial charge in [-0.05, 0) is 47.9 Å². The number of halogens is 3. The summed E-state index contributed by atoms with van der Waals surface area (Å²) in [6, 6.07) is 25.9. The van der Waals surface area contributed by atoms with Gasteiger partial charge in [-0.3, -0.25) is 9.69 Å². The van der Waals surface area contributed by atoms with Crippen molar-refractivity contribution in [2.45, 2.75) is 38.2 Å². The number of hydrogen-bond donors (Lipinski definition) is 1. The number of hydrogen-bond acceptors (Lipinski definition) is 4. The Hall–Kier alpha value is -4.79. The first-order chi connectivity index (χ1) is 19.6. The van der Waals surface area contributed by atoms with Gasteiger partial charge in [0, 0.05) is 11.1 Å². The molecule has 0 aliphatic carbocycles. The maximum atomic E-state index is 13.7. The summed E-state index contributed by atoms with van der Waals surface area (Å²) < 4.78 is 53.0. The molecule has 0 saturated carbocycles. The van der Waals surface area contributed by atoms with Crippen LogP contribution in [0.25, 0.3) is 11.1 Å². The van der Waals surface area contributed by atoms with Crippen molar-refractivity contribution < 1.29 is 37.3 Å². The normalized spacial score (nSPS) is 16.9. The molecule has 0 bridgehead atoms. The van der Waals surface area contributed by atoms with Crippen LogP contribution in [0.5, 0.6) is 11.5 Å². The van der Waals surface area contributed by atoms with Gasteiger partial charge in [0.2, 0.25) is 0 Å². The zero-order chi connectivity index (χ0) is 29.1. The lowest BCUT2D eigenvalue weighted by Gasteiger charge is -2.23. The van der Waals surface area contributed by atoms with E-state index in [1.54, 1.807) is 25.1 Å². The Bertz CT molecular complexity index is 1560. The summed E-state index contributed by atoms with van der Waals surface area (Å²) in [6.45, 7) is 1.58. The molecule has 5 rings (SSSR count). The van der Waals surface area contributed by atoms with E-state index >= 15 is 0 Å². The fourth-order valence-corrected chi connectivity index (χ4v) is 4.88. The molecule has 1 heterocycles. The van der Waals surface area contributed by atoms with E-state index in [0.29, 0.717) is 11.1 Å². The minimum Gasteiger partial charge on any atom is -0.481 e. The zero-order valence-electron chi connectivity index (χ0n) is 22.0. The Kier molecular flexibility index (Phi) is 7.70. The Morgan fingerprint density at radius 1 is 0.927 bits per heavy atom. The van der Waals surface area contributed by atoms with Gasteiger partial charge in [-0.1, -0.05) is 72.8 Å². The first kappa shape index (κ1) is 27.8. The predicted molar refractivity (Wildman–Crippen MR) is 145 cm³/mol. The number of carboxylic acids is 1. The summed E-state index contributed by atoms with van der Waals surface area (Å²) in [5.41, 5.74) is 1.88. The second-order valence-corrected chi connectivity index (χ2v) is 9.77. The molecular formula is C32H26F3NO5. The average Bonchev–Trinajstić information content (AvgIpc) is 3.22. The molecule has 1 amide bonds. The van der Waals surface area contributed by atoms with E-state index in [-0.39, 0.29) is 30.0 Å². The number of aliphatic carboxylic acids is 1. The minimum atomic E-state index is -4.62. The van der Waals surface area contributed by atoms with E-state index in [4.69, 9.17) is 9.47 Å². The van der Waals surface area contributed by atoms with Crippen LogP contribution in [-0.2, 0) is 28.7 Å². The number of nitrogens with zero attached hydrogens (tertiary/aromatic N) is 1. The lowest BCUT2D eigenvalue weighted by atomic mass is 10.0. The topological polar surface area (TPSA) is 76.1 Å². The number of benzene rings is 4. The lowest BCUT2D eigenvalue weighted by molar-refractivity contribution is -0.138. The van der Waals surface area contributed by atoms with Gasteiger partial charge >= 0.3 is 18.2 Å². The van der Waals surface area contributed by atoms with Crippen molar-refractivity contribution in [1.82, 2.24) is 4.90 Å². The Labute approximate surface area is 234 Å². The molecule has 2 unspecified atom stereocenters. The van der Waals surface area contributed by atoms with Gasteiger partial charge in [0.15, 0.2) is 0 Å². The standard InChI is InChI=1S/C32H26F3NO5/c1-20-30(23-10-6-3-7-11-23)41-31(39)36(20)19-24-18-25(32(33,34)35)13-15-27(24)40-28-16-21(17-29(37)38)12-14-26(28)22-8-4-2-5-9-22/h2-16,18,20,30H,17,19H2,1H3,(H,37,38). The molecule has 210 valence electrons. The molecule has 1 aliphatic heterocycles. The highest BCUT2D eigenvalue weighted by atomic mass is 19.4.